The smallest absolute Gasteiger partial charge is 0.244 e. The fourth-order valence-corrected chi connectivity index (χ4v) is 2.74. The SMILES string of the molecule is NC(=O)C(Nc1ccccc1Br)c1cc(Cl)cc(Cl)c1. The van der Waals surface area contributed by atoms with E-state index in [2.05, 4.69) is 21.2 Å². The first-order chi connectivity index (χ1) is 9.47. The van der Waals surface area contributed by atoms with E-state index in [4.69, 9.17) is 28.9 Å². The molecule has 104 valence electrons. The summed E-state index contributed by atoms with van der Waals surface area (Å²) >= 11 is 15.3. The van der Waals surface area contributed by atoms with E-state index in [1.54, 1.807) is 18.2 Å². The van der Waals surface area contributed by atoms with Gasteiger partial charge >= 0.3 is 0 Å². The number of benzene rings is 2. The van der Waals surface area contributed by atoms with Crippen LogP contribution in [0, 0.1) is 0 Å². The lowest BCUT2D eigenvalue weighted by Gasteiger charge is -2.18. The van der Waals surface area contributed by atoms with Crippen LogP contribution in [0.4, 0.5) is 5.69 Å². The quantitative estimate of drug-likeness (QED) is 0.834. The molecule has 0 saturated carbocycles. The number of primary amides is 1. The van der Waals surface area contributed by atoms with Crippen molar-refractivity contribution < 1.29 is 4.79 Å². The molecule has 1 unspecified atom stereocenters. The van der Waals surface area contributed by atoms with Gasteiger partial charge in [-0.25, -0.2) is 0 Å². The van der Waals surface area contributed by atoms with Crippen LogP contribution in [0.2, 0.25) is 10.0 Å². The third kappa shape index (κ3) is 3.66. The van der Waals surface area contributed by atoms with Gasteiger partial charge in [0, 0.05) is 20.2 Å². The first-order valence-corrected chi connectivity index (χ1v) is 7.28. The van der Waals surface area contributed by atoms with Gasteiger partial charge in [-0.3, -0.25) is 4.79 Å². The molecule has 3 N–H and O–H groups in total. The average molecular weight is 374 g/mol. The minimum Gasteiger partial charge on any atom is -0.369 e. The highest BCUT2D eigenvalue weighted by Gasteiger charge is 2.19. The minimum atomic E-state index is -0.718. The maximum atomic E-state index is 11.7. The summed E-state index contributed by atoms with van der Waals surface area (Å²) in [7, 11) is 0. The normalized spacial score (nSPS) is 11.9. The summed E-state index contributed by atoms with van der Waals surface area (Å²) in [4.78, 5) is 11.7. The number of halogens is 3. The van der Waals surface area contributed by atoms with Gasteiger partial charge in [-0.2, -0.15) is 0 Å². The Bertz CT molecular complexity index is 629. The van der Waals surface area contributed by atoms with Gasteiger partial charge in [0.1, 0.15) is 6.04 Å². The molecule has 0 bridgehead atoms. The Kier molecular flexibility index (Phi) is 4.91. The van der Waals surface area contributed by atoms with Gasteiger partial charge in [0.05, 0.1) is 0 Å². The Labute approximate surface area is 135 Å². The van der Waals surface area contributed by atoms with Crippen molar-refractivity contribution in [2.45, 2.75) is 6.04 Å². The van der Waals surface area contributed by atoms with Crippen molar-refractivity contribution in [2.24, 2.45) is 5.73 Å². The summed E-state index contributed by atoms with van der Waals surface area (Å²) in [5.41, 5.74) is 6.84. The van der Waals surface area contributed by atoms with Crippen LogP contribution in [0.25, 0.3) is 0 Å². The maximum Gasteiger partial charge on any atom is 0.244 e. The second kappa shape index (κ2) is 6.48. The van der Waals surface area contributed by atoms with Crippen molar-refractivity contribution in [2.75, 3.05) is 5.32 Å². The van der Waals surface area contributed by atoms with E-state index in [-0.39, 0.29) is 0 Å². The topological polar surface area (TPSA) is 55.1 Å². The second-order valence-electron chi connectivity index (χ2n) is 4.16. The standard InChI is InChI=1S/C14H11BrCl2N2O/c15-11-3-1-2-4-12(11)19-13(14(18)20)8-5-9(16)7-10(17)6-8/h1-7,13,19H,(H2,18,20). The van der Waals surface area contributed by atoms with Crippen molar-refractivity contribution in [1.29, 1.82) is 0 Å². The molecule has 0 aromatic heterocycles. The first-order valence-electron chi connectivity index (χ1n) is 5.74. The Morgan fingerprint density at radius 2 is 1.75 bits per heavy atom. The fraction of sp³-hybridized carbons (Fsp3) is 0.0714. The second-order valence-corrected chi connectivity index (χ2v) is 5.89. The number of nitrogens with one attached hydrogen (secondary N) is 1. The van der Waals surface area contributed by atoms with E-state index in [0.29, 0.717) is 15.6 Å². The zero-order chi connectivity index (χ0) is 14.7. The molecular weight excluding hydrogens is 363 g/mol. The van der Waals surface area contributed by atoms with Crippen LogP contribution >= 0.6 is 39.1 Å². The summed E-state index contributed by atoms with van der Waals surface area (Å²) in [6.07, 6.45) is 0. The molecule has 2 aromatic rings. The van der Waals surface area contributed by atoms with E-state index in [1.165, 1.54) is 0 Å². The number of carbonyl (C=O) groups excluding carboxylic acids is 1. The molecule has 0 aliphatic carbocycles. The number of nitrogens with two attached hydrogens (primary N) is 1. The summed E-state index contributed by atoms with van der Waals surface area (Å²) < 4.78 is 0.833. The van der Waals surface area contributed by atoms with Crippen LogP contribution in [-0.2, 0) is 4.79 Å². The van der Waals surface area contributed by atoms with Crippen molar-refractivity contribution in [1.82, 2.24) is 0 Å². The van der Waals surface area contributed by atoms with Gasteiger partial charge in [-0.15, -0.1) is 0 Å². The number of anilines is 1. The number of carbonyl (C=O) groups is 1. The number of rotatable bonds is 4. The molecule has 0 saturated heterocycles. The Morgan fingerprint density at radius 3 is 2.30 bits per heavy atom. The Balaban J connectivity index is 2.37. The van der Waals surface area contributed by atoms with Gasteiger partial charge in [-0.1, -0.05) is 35.3 Å². The third-order valence-electron chi connectivity index (χ3n) is 2.68. The van der Waals surface area contributed by atoms with Crippen LogP contribution in [0.5, 0.6) is 0 Å². The molecule has 0 aliphatic rings. The molecule has 0 aliphatic heterocycles. The Morgan fingerprint density at radius 1 is 1.15 bits per heavy atom. The molecule has 3 nitrogen and oxygen atoms in total. The molecule has 2 rings (SSSR count). The van der Waals surface area contributed by atoms with Gasteiger partial charge in [0.25, 0.3) is 0 Å². The van der Waals surface area contributed by atoms with Crippen LogP contribution in [0.1, 0.15) is 11.6 Å². The lowest BCUT2D eigenvalue weighted by Crippen LogP contribution is -2.27. The highest BCUT2D eigenvalue weighted by atomic mass is 79.9. The van der Waals surface area contributed by atoms with Crippen molar-refractivity contribution >= 4 is 50.7 Å². The lowest BCUT2D eigenvalue weighted by atomic mass is 10.1. The van der Waals surface area contributed by atoms with Crippen LogP contribution in [0.15, 0.2) is 46.9 Å². The molecule has 2 aromatic carbocycles. The van der Waals surface area contributed by atoms with Crippen molar-refractivity contribution in [3.63, 3.8) is 0 Å². The van der Waals surface area contributed by atoms with E-state index in [9.17, 15) is 4.79 Å². The molecule has 1 atom stereocenters. The molecule has 1 amide bonds. The fourth-order valence-electron chi connectivity index (χ4n) is 1.79. The number of hydrogen-bond donors (Lipinski definition) is 2. The van der Waals surface area contributed by atoms with Gasteiger partial charge in [-0.05, 0) is 51.8 Å². The average Bonchev–Trinajstić information content (AvgIpc) is 2.36. The zero-order valence-electron chi connectivity index (χ0n) is 10.2. The molecular formula is C14H11BrCl2N2O. The van der Waals surface area contributed by atoms with Crippen LogP contribution < -0.4 is 11.1 Å². The highest BCUT2D eigenvalue weighted by Crippen LogP contribution is 2.29. The zero-order valence-corrected chi connectivity index (χ0v) is 13.3. The lowest BCUT2D eigenvalue weighted by molar-refractivity contribution is -0.118. The Hall–Kier alpha value is -1.23. The summed E-state index contributed by atoms with van der Waals surface area (Å²) in [6.45, 7) is 0. The monoisotopic (exact) mass is 372 g/mol. The number of para-hydroxylation sites is 1. The van der Waals surface area contributed by atoms with E-state index < -0.39 is 11.9 Å². The summed E-state index contributed by atoms with van der Waals surface area (Å²) in [5, 5.41) is 3.98. The summed E-state index contributed by atoms with van der Waals surface area (Å²) in [6, 6.07) is 11.6. The van der Waals surface area contributed by atoms with Crippen molar-refractivity contribution in [3.8, 4) is 0 Å². The number of amides is 1. The largest absolute Gasteiger partial charge is 0.369 e. The molecule has 0 fully saturated rings. The predicted octanol–water partition coefficient (Wildman–Crippen LogP) is 4.39. The molecule has 0 heterocycles. The molecule has 20 heavy (non-hydrogen) atoms. The van der Waals surface area contributed by atoms with Crippen LogP contribution in [0.3, 0.4) is 0 Å². The van der Waals surface area contributed by atoms with Gasteiger partial charge in [0.2, 0.25) is 5.91 Å². The summed E-state index contributed by atoms with van der Waals surface area (Å²) in [5.74, 6) is -0.515. The first kappa shape index (κ1) is 15.2. The molecule has 0 radical (unpaired) electrons. The molecule has 0 spiro atoms. The van der Waals surface area contributed by atoms with E-state index in [1.807, 2.05) is 24.3 Å². The van der Waals surface area contributed by atoms with E-state index >= 15 is 0 Å². The third-order valence-corrected chi connectivity index (χ3v) is 3.80. The maximum absolute atomic E-state index is 11.7. The minimum absolute atomic E-state index is 0.452. The van der Waals surface area contributed by atoms with Crippen molar-refractivity contribution in [3.05, 3.63) is 62.5 Å². The van der Waals surface area contributed by atoms with E-state index in [0.717, 1.165) is 10.2 Å². The van der Waals surface area contributed by atoms with Gasteiger partial charge in [0.15, 0.2) is 0 Å². The van der Waals surface area contributed by atoms with Crippen LogP contribution in [-0.4, -0.2) is 5.91 Å². The van der Waals surface area contributed by atoms with Gasteiger partial charge < -0.3 is 11.1 Å². The highest BCUT2D eigenvalue weighted by molar-refractivity contribution is 9.10. The molecule has 6 heteroatoms. The number of hydrogen-bond acceptors (Lipinski definition) is 2. The predicted molar refractivity (Wildman–Crippen MR) is 86.2 cm³/mol.